The average Bonchev–Trinajstić information content (AvgIpc) is 2.90. The van der Waals surface area contributed by atoms with Crippen molar-refractivity contribution < 1.29 is 13.9 Å². The molecule has 0 N–H and O–H groups in total. The van der Waals surface area contributed by atoms with Crippen LogP contribution in [-0.2, 0) is 4.74 Å². The Morgan fingerprint density at radius 2 is 2.20 bits per heavy atom. The number of hydrogen-bond donors (Lipinski definition) is 0. The van der Waals surface area contributed by atoms with Crippen molar-refractivity contribution in [3.8, 4) is 6.07 Å². The number of fused-ring (bicyclic) bond motifs is 1. The van der Waals surface area contributed by atoms with Crippen LogP contribution in [0.2, 0.25) is 0 Å². The standard InChI is InChI=1S/C15H16N2O3/c1-19-10-9-17(8-4-7-16)15(18)14-11-12-5-2-3-6-13(12)20-14/h2-3,5-6,11H,4,8-10H2,1H3. The third kappa shape index (κ3) is 3.16. The fraction of sp³-hybridized carbons (Fsp3) is 0.333. The highest BCUT2D eigenvalue weighted by Gasteiger charge is 2.19. The number of benzene rings is 1. The highest BCUT2D eigenvalue weighted by molar-refractivity contribution is 5.96. The van der Waals surface area contributed by atoms with E-state index in [0.29, 0.717) is 31.0 Å². The van der Waals surface area contributed by atoms with Gasteiger partial charge < -0.3 is 14.1 Å². The predicted octanol–water partition coefficient (Wildman–Crippen LogP) is 2.44. The van der Waals surface area contributed by atoms with E-state index in [1.165, 1.54) is 0 Å². The molecule has 104 valence electrons. The molecule has 0 aliphatic heterocycles. The van der Waals surface area contributed by atoms with E-state index in [0.717, 1.165) is 5.39 Å². The number of amides is 1. The fourth-order valence-electron chi connectivity index (χ4n) is 1.94. The number of ether oxygens (including phenoxy) is 1. The highest BCUT2D eigenvalue weighted by Crippen LogP contribution is 2.20. The third-order valence-electron chi connectivity index (χ3n) is 2.98. The van der Waals surface area contributed by atoms with Gasteiger partial charge in [0.15, 0.2) is 5.76 Å². The maximum absolute atomic E-state index is 12.4. The number of nitriles is 1. The Morgan fingerprint density at radius 1 is 1.40 bits per heavy atom. The minimum absolute atomic E-state index is 0.214. The minimum atomic E-state index is -0.214. The largest absolute Gasteiger partial charge is 0.451 e. The summed E-state index contributed by atoms with van der Waals surface area (Å²) in [6.07, 6.45) is 0.287. The number of hydrogen-bond acceptors (Lipinski definition) is 4. The van der Waals surface area contributed by atoms with Gasteiger partial charge in [0, 0.05) is 25.6 Å². The van der Waals surface area contributed by atoms with Gasteiger partial charge in [-0.1, -0.05) is 18.2 Å². The molecule has 0 saturated heterocycles. The maximum atomic E-state index is 12.4. The van der Waals surface area contributed by atoms with Gasteiger partial charge in [0.2, 0.25) is 0 Å². The van der Waals surface area contributed by atoms with Crippen molar-refractivity contribution in [3.63, 3.8) is 0 Å². The molecular formula is C15H16N2O3. The van der Waals surface area contributed by atoms with E-state index in [9.17, 15) is 4.79 Å². The summed E-state index contributed by atoms with van der Waals surface area (Å²) in [7, 11) is 1.58. The first-order valence-corrected chi connectivity index (χ1v) is 6.40. The molecule has 2 aromatic rings. The lowest BCUT2D eigenvalue weighted by molar-refractivity contribution is 0.0671. The Balaban J connectivity index is 2.18. The molecule has 0 aliphatic carbocycles. The van der Waals surface area contributed by atoms with Crippen molar-refractivity contribution in [1.29, 1.82) is 5.26 Å². The number of nitrogens with zero attached hydrogens (tertiary/aromatic N) is 2. The summed E-state index contributed by atoms with van der Waals surface area (Å²) >= 11 is 0. The Labute approximate surface area is 117 Å². The van der Waals surface area contributed by atoms with Crippen LogP contribution in [0, 0.1) is 11.3 Å². The van der Waals surface area contributed by atoms with Crippen LogP contribution in [0.25, 0.3) is 11.0 Å². The lowest BCUT2D eigenvalue weighted by atomic mass is 10.2. The number of furan rings is 1. The summed E-state index contributed by atoms with van der Waals surface area (Å²) in [6.45, 7) is 1.24. The second-order valence-corrected chi connectivity index (χ2v) is 4.34. The summed E-state index contributed by atoms with van der Waals surface area (Å²) in [5.41, 5.74) is 0.683. The molecule has 0 aliphatic rings. The molecule has 1 aromatic heterocycles. The van der Waals surface area contributed by atoms with Gasteiger partial charge in [-0.3, -0.25) is 4.79 Å². The molecule has 0 unspecified atom stereocenters. The van der Waals surface area contributed by atoms with Crippen LogP contribution in [0.15, 0.2) is 34.7 Å². The Morgan fingerprint density at radius 3 is 2.90 bits per heavy atom. The molecule has 0 spiro atoms. The topological polar surface area (TPSA) is 66.5 Å². The number of rotatable bonds is 6. The number of carbonyl (C=O) groups excluding carboxylic acids is 1. The number of para-hydroxylation sites is 1. The third-order valence-corrected chi connectivity index (χ3v) is 2.98. The van der Waals surface area contributed by atoms with Gasteiger partial charge >= 0.3 is 0 Å². The van der Waals surface area contributed by atoms with Crippen molar-refractivity contribution in [2.75, 3.05) is 26.8 Å². The zero-order valence-corrected chi connectivity index (χ0v) is 11.3. The summed E-state index contributed by atoms with van der Waals surface area (Å²) in [6, 6.07) is 11.2. The first-order chi connectivity index (χ1) is 9.76. The molecule has 0 bridgehead atoms. The Bertz CT molecular complexity index is 594. The number of carbonyl (C=O) groups is 1. The lowest BCUT2D eigenvalue weighted by Crippen LogP contribution is -2.34. The second kappa shape index (κ2) is 6.73. The maximum Gasteiger partial charge on any atom is 0.289 e. The van der Waals surface area contributed by atoms with E-state index in [1.807, 2.05) is 30.3 Å². The molecule has 1 aromatic carbocycles. The van der Waals surface area contributed by atoms with E-state index in [4.69, 9.17) is 14.4 Å². The molecule has 0 saturated carbocycles. The number of methoxy groups -OCH3 is 1. The lowest BCUT2D eigenvalue weighted by Gasteiger charge is -2.19. The predicted molar refractivity (Wildman–Crippen MR) is 74.2 cm³/mol. The van der Waals surface area contributed by atoms with Crippen molar-refractivity contribution >= 4 is 16.9 Å². The van der Waals surface area contributed by atoms with Gasteiger partial charge in [-0.05, 0) is 12.1 Å². The molecule has 5 nitrogen and oxygen atoms in total. The van der Waals surface area contributed by atoms with E-state index in [2.05, 4.69) is 0 Å². The normalized spacial score (nSPS) is 10.4. The first kappa shape index (κ1) is 14.1. The molecule has 1 heterocycles. The van der Waals surface area contributed by atoms with Gasteiger partial charge in [-0.25, -0.2) is 0 Å². The average molecular weight is 272 g/mol. The summed E-state index contributed by atoms with van der Waals surface area (Å²) in [5, 5.41) is 9.56. The van der Waals surface area contributed by atoms with Gasteiger partial charge in [-0.15, -0.1) is 0 Å². The highest BCUT2D eigenvalue weighted by atomic mass is 16.5. The van der Waals surface area contributed by atoms with Crippen LogP contribution in [0.3, 0.4) is 0 Å². The molecule has 5 heteroatoms. The van der Waals surface area contributed by atoms with Crippen molar-refractivity contribution in [3.05, 3.63) is 36.1 Å². The molecule has 1 amide bonds. The SMILES string of the molecule is COCCN(CCC#N)C(=O)c1cc2ccccc2o1. The molecule has 0 radical (unpaired) electrons. The van der Waals surface area contributed by atoms with E-state index in [1.54, 1.807) is 18.1 Å². The zero-order chi connectivity index (χ0) is 14.4. The molecular weight excluding hydrogens is 256 g/mol. The van der Waals surface area contributed by atoms with E-state index < -0.39 is 0 Å². The van der Waals surface area contributed by atoms with E-state index in [-0.39, 0.29) is 12.3 Å². The molecule has 2 rings (SSSR count). The monoisotopic (exact) mass is 272 g/mol. The van der Waals surface area contributed by atoms with Gasteiger partial charge in [0.25, 0.3) is 5.91 Å². The summed E-state index contributed by atoms with van der Waals surface area (Å²) < 4.78 is 10.5. The van der Waals surface area contributed by atoms with Crippen molar-refractivity contribution in [2.45, 2.75) is 6.42 Å². The molecule has 0 atom stereocenters. The van der Waals surface area contributed by atoms with Crippen LogP contribution >= 0.6 is 0 Å². The Kier molecular flexibility index (Phi) is 4.75. The van der Waals surface area contributed by atoms with Crippen LogP contribution in [0.5, 0.6) is 0 Å². The van der Waals surface area contributed by atoms with E-state index >= 15 is 0 Å². The van der Waals surface area contributed by atoms with Crippen molar-refractivity contribution in [2.24, 2.45) is 0 Å². The second-order valence-electron chi connectivity index (χ2n) is 4.34. The first-order valence-electron chi connectivity index (χ1n) is 6.40. The minimum Gasteiger partial charge on any atom is -0.451 e. The fourth-order valence-corrected chi connectivity index (χ4v) is 1.94. The summed E-state index contributed by atoms with van der Waals surface area (Å²) in [5.74, 6) is 0.0775. The summed E-state index contributed by atoms with van der Waals surface area (Å²) in [4.78, 5) is 14.0. The van der Waals surface area contributed by atoms with Crippen molar-refractivity contribution in [1.82, 2.24) is 4.90 Å². The van der Waals surface area contributed by atoms with Crippen LogP contribution in [0.1, 0.15) is 17.0 Å². The van der Waals surface area contributed by atoms with Gasteiger partial charge in [0.05, 0.1) is 19.1 Å². The smallest absolute Gasteiger partial charge is 0.289 e. The Hall–Kier alpha value is -2.32. The van der Waals surface area contributed by atoms with Crippen LogP contribution < -0.4 is 0 Å². The quantitative estimate of drug-likeness (QED) is 0.810. The van der Waals surface area contributed by atoms with Gasteiger partial charge in [-0.2, -0.15) is 5.26 Å². The van der Waals surface area contributed by atoms with Crippen LogP contribution in [-0.4, -0.2) is 37.6 Å². The van der Waals surface area contributed by atoms with Gasteiger partial charge in [0.1, 0.15) is 5.58 Å². The molecule has 0 fully saturated rings. The zero-order valence-electron chi connectivity index (χ0n) is 11.3. The molecule has 20 heavy (non-hydrogen) atoms. The van der Waals surface area contributed by atoms with Crippen LogP contribution in [0.4, 0.5) is 0 Å².